The van der Waals surface area contributed by atoms with Crippen LogP contribution in [0.15, 0.2) is 24.3 Å². The van der Waals surface area contributed by atoms with Crippen molar-refractivity contribution in [1.82, 2.24) is 5.09 Å². The summed E-state index contributed by atoms with van der Waals surface area (Å²) in [6, 6.07) is 5.36. The minimum absolute atomic E-state index is 0.117. The molecule has 1 heterocycles. The van der Waals surface area contributed by atoms with E-state index in [-0.39, 0.29) is 19.6 Å². The third kappa shape index (κ3) is 4.54. The predicted molar refractivity (Wildman–Crippen MR) is 79.4 cm³/mol. The van der Waals surface area contributed by atoms with Crippen LogP contribution in [0.5, 0.6) is 11.5 Å². The van der Waals surface area contributed by atoms with E-state index in [2.05, 4.69) is 5.09 Å². The van der Waals surface area contributed by atoms with Crippen LogP contribution in [-0.4, -0.2) is 31.2 Å². The van der Waals surface area contributed by atoms with Crippen molar-refractivity contribution in [2.24, 2.45) is 0 Å². The lowest BCUT2D eigenvalue weighted by molar-refractivity contribution is -0.204. The van der Waals surface area contributed by atoms with Gasteiger partial charge in [-0.25, -0.2) is 0 Å². The monoisotopic (exact) mass is 343 g/mol. The fourth-order valence-electron chi connectivity index (χ4n) is 1.93. The largest absolute Gasteiger partial charge is 0.601 e. The molecule has 0 aliphatic carbocycles. The summed E-state index contributed by atoms with van der Waals surface area (Å²) in [6.45, 7) is 3.56. The molecule has 0 saturated carbocycles. The van der Waals surface area contributed by atoms with Crippen LogP contribution < -0.4 is 19.0 Å². The number of hydrogen-bond donors (Lipinski definition) is 1. The van der Waals surface area contributed by atoms with E-state index in [4.69, 9.17) is 18.5 Å². The summed E-state index contributed by atoms with van der Waals surface area (Å²) in [7, 11) is -3.82. The third-order valence-corrected chi connectivity index (χ3v) is 4.35. The Morgan fingerprint density at radius 2 is 1.74 bits per heavy atom. The Kier molecular flexibility index (Phi) is 5.76. The highest BCUT2D eigenvalue weighted by Crippen LogP contribution is 2.58. The number of ether oxygens (including phenoxy) is 2. The van der Waals surface area contributed by atoms with E-state index in [1.165, 1.54) is 0 Å². The zero-order valence-electron chi connectivity index (χ0n) is 12.8. The number of carbonyl (C=O) groups excluding carboxylic acids is 2. The number of para-hydroxylation sites is 2. The summed E-state index contributed by atoms with van der Waals surface area (Å²) in [5, 5.41) is 2.45. The van der Waals surface area contributed by atoms with Gasteiger partial charge >= 0.3 is 20.0 Å². The Labute approximate surface area is 134 Å². The quantitative estimate of drug-likeness (QED) is 0.577. The highest BCUT2D eigenvalue weighted by molar-refractivity contribution is 7.58. The number of hydrogen-bond acceptors (Lipinski definition) is 8. The van der Waals surface area contributed by atoms with E-state index in [0.29, 0.717) is 11.5 Å². The Hall–Kier alpha value is -1.89. The van der Waals surface area contributed by atoms with Crippen molar-refractivity contribution in [3.05, 3.63) is 24.3 Å². The van der Waals surface area contributed by atoms with Gasteiger partial charge in [-0.3, -0.25) is 18.6 Å². The van der Waals surface area contributed by atoms with Crippen molar-refractivity contribution in [1.29, 1.82) is 0 Å². The van der Waals surface area contributed by atoms with Gasteiger partial charge in [-0.15, -0.1) is 5.09 Å². The van der Waals surface area contributed by atoms with Gasteiger partial charge in [0.25, 0.3) is 0 Å². The average molecular weight is 343 g/mol. The first-order chi connectivity index (χ1) is 11.0. The number of benzene rings is 1. The van der Waals surface area contributed by atoms with Crippen LogP contribution in [0, 0.1) is 0 Å². The zero-order chi connectivity index (χ0) is 16.9. The van der Waals surface area contributed by atoms with E-state index < -0.39 is 26.1 Å². The van der Waals surface area contributed by atoms with E-state index >= 15 is 0 Å². The molecular weight excluding hydrogens is 325 g/mol. The van der Waals surface area contributed by atoms with Crippen molar-refractivity contribution in [2.45, 2.75) is 26.3 Å². The molecule has 0 radical (unpaired) electrons. The lowest BCUT2D eigenvalue weighted by Gasteiger charge is -2.24. The normalized spacial score (nSPS) is 15.8. The molecule has 126 valence electrons. The van der Waals surface area contributed by atoms with Gasteiger partial charge in [0.2, 0.25) is 11.5 Å². The van der Waals surface area contributed by atoms with Crippen LogP contribution in [0.25, 0.3) is 0 Å². The Morgan fingerprint density at radius 1 is 1.17 bits per heavy atom. The number of nitrogens with one attached hydrogen (secondary N) is 1. The van der Waals surface area contributed by atoms with Crippen LogP contribution in [0.3, 0.4) is 0 Å². The predicted octanol–water partition coefficient (Wildman–Crippen LogP) is 0.970. The fourth-order valence-corrected chi connectivity index (χ4v) is 3.47. The minimum atomic E-state index is -3.82. The van der Waals surface area contributed by atoms with Crippen LogP contribution >= 0.6 is 8.09 Å². The van der Waals surface area contributed by atoms with Crippen LogP contribution in [0.4, 0.5) is 0 Å². The average Bonchev–Trinajstić information content (AvgIpc) is 2.83. The maximum absolute atomic E-state index is 12.6. The maximum Gasteiger partial charge on any atom is 0.410 e. The molecule has 0 spiro atoms. The maximum atomic E-state index is 12.6. The lowest BCUT2D eigenvalue weighted by atomic mass is 10.2. The number of rotatable bonds is 7. The van der Waals surface area contributed by atoms with Gasteiger partial charge in [-0.2, -0.15) is 0 Å². The van der Waals surface area contributed by atoms with Gasteiger partial charge in [0.05, 0.1) is 19.6 Å². The number of esters is 2. The molecule has 0 bridgehead atoms. The summed E-state index contributed by atoms with van der Waals surface area (Å²) in [6.07, 6.45) is -0.347. The number of carbonyl (C=O) groups is 2. The summed E-state index contributed by atoms with van der Waals surface area (Å²) in [5.74, 6) is -0.774. The second kappa shape index (κ2) is 7.59. The highest BCUT2D eigenvalue weighted by atomic mass is 31.2. The molecule has 1 N–H and O–H groups in total. The Balaban J connectivity index is 2.08. The standard InChI is InChI=1S/C14H18NO7P/c1-3-19-13(16)9-10(14(17)20-4-2)15-23(18)21-11-7-5-6-8-12(11)22-23/h5-8,10H,3-4,9H2,1-2H3,(H,15,18)/t10-/m0/s1. The van der Waals surface area contributed by atoms with Crippen molar-refractivity contribution < 1.29 is 33.0 Å². The molecule has 0 saturated heterocycles. The van der Waals surface area contributed by atoms with E-state index in [1.54, 1.807) is 38.1 Å². The highest BCUT2D eigenvalue weighted by Gasteiger charge is 2.46. The fraction of sp³-hybridized carbons (Fsp3) is 0.429. The second-order valence-corrected chi connectivity index (χ2v) is 6.19. The summed E-state index contributed by atoms with van der Waals surface area (Å²) >= 11 is 0. The van der Waals surface area contributed by atoms with Gasteiger partial charge in [0.15, 0.2) is 6.04 Å². The molecule has 0 amide bonds. The Morgan fingerprint density at radius 3 is 2.26 bits per heavy atom. The molecule has 23 heavy (non-hydrogen) atoms. The van der Waals surface area contributed by atoms with Gasteiger partial charge < -0.3 is 14.4 Å². The molecule has 1 aromatic carbocycles. The third-order valence-electron chi connectivity index (χ3n) is 2.85. The summed E-state index contributed by atoms with van der Waals surface area (Å²) in [4.78, 5) is 36.2. The molecular formula is C14H18NO7P. The first-order valence-corrected chi connectivity index (χ1v) is 8.70. The molecule has 1 aromatic rings. The molecule has 0 aromatic heterocycles. The zero-order valence-corrected chi connectivity index (χ0v) is 13.7. The van der Waals surface area contributed by atoms with Crippen molar-refractivity contribution in [3.63, 3.8) is 0 Å². The topological polar surface area (TPSA) is 106 Å². The van der Waals surface area contributed by atoms with Crippen molar-refractivity contribution in [3.8, 4) is 11.5 Å². The lowest BCUT2D eigenvalue weighted by Crippen LogP contribution is -2.44. The molecule has 8 nitrogen and oxygen atoms in total. The molecule has 9 heteroatoms. The van der Waals surface area contributed by atoms with Gasteiger partial charge in [0, 0.05) is 0 Å². The molecule has 1 aliphatic rings. The van der Waals surface area contributed by atoms with Crippen LogP contribution in [-0.2, 0) is 19.1 Å². The minimum Gasteiger partial charge on any atom is -0.601 e. The first-order valence-electron chi connectivity index (χ1n) is 7.15. The van der Waals surface area contributed by atoms with Gasteiger partial charge in [0.1, 0.15) is 0 Å². The van der Waals surface area contributed by atoms with Crippen molar-refractivity contribution >= 4 is 20.0 Å². The van der Waals surface area contributed by atoms with Crippen LogP contribution in [0.2, 0.25) is 0 Å². The summed E-state index contributed by atoms with van der Waals surface area (Å²) in [5.41, 5.74) is 0. The summed E-state index contributed by atoms with van der Waals surface area (Å²) < 4.78 is 20.2. The van der Waals surface area contributed by atoms with Gasteiger partial charge in [-0.05, 0) is 26.0 Å². The van der Waals surface area contributed by atoms with Gasteiger partial charge in [-0.1, -0.05) is 12.1 Å². The molecule has 2 rings (SSSR count). The molecule has 0 fully saturated rings. The Bertz CT molecular complexity index is 555. The molecule has 1 atom stereocenters. The molecule has 0 unspecified atom stereocenters. The van der Waals surface area contributed by atoms with Crippen molar-refractivity contribution in [2.75, 3.05) is 13.2 Å². The number of fused-ring (bicyclic) bond motifs is 1. The van der Waals surface area contributed by atoms with E-state index in [1.807, 2.05) is 0 Å². The first kappa shape index (κ1) is 17.5. The van der Waals surface area contributed by atoms with E-state index in [9.17, 15) is 14.5 Å². The molecule has 1 aliphatic heterocycles. The second-order valence-electron chi connectivity index (χ2n) is 4.57. The smallest absolute Gasteiger partial charge is 0.410 e. The SMILES string of the molecule is CCOC(=O)C[C@H](N[P+]1([O-])Oc2ccccc2O1)C(=O)OCC. The van der Waals surface area contributed by atoms with E-state index in [0.717, 1.165) is 0 Å². The van der Waals surface area contributed by atoms with Crippen LogP contribution in [0.1, 0.15) is 20.3 Å².